The Bertz CT molecular complexity index is 883. The van der Waals surface area contributed by atoms with Gasteiger partial charge in [-0.05, 0) is 57.5 Å². The van der Waals surface area contributed by atoms with E-state index in [4.69, 9.17) is 0 Å². The molecule has 0 aliphatic rings. The molecule has 0 spiro atoms. The van der Waals surface area contributed by atoms with Gasteiger partial charge in [0.05, 0.1) is 6.04 Å². The third kappa shape index (κ3) is 6.82. The fourth-order valence-electron chi connectivity index (χ4n) is 2.72. The lowest BCUT2D eigenvalue weighted by molar-refractivity contribution is 0.130. The van der Waals surface area contributed by atoms with Gasteiger partial charge in [0.15, 0.2) is 0 Å². The van der Waals surface area contributed by atoms with Gasteiger partial charge in [-0.15, -0.1) is 0 Å². The van der Waals surface area contributed by atoms with Crippen molar-refractivity contribution in [1.29, 1.82) is 0 Å². The Morgan fingerprint density at radius 3 is 2.27 bits per heavy atom. The molecule has 1 unspecified atom stereocenters. The number of benzene rings is 2. The molecule has 0 aromatic heterocycles. The van der Waals surface area contributed by atoms with Crippen LogP contribution in [0.15, 0.2) is 57.4 Å². The van der Waals surface area contributed by atoms with Crippen molar-refractivity contribution in [3.8, 4) is 0 Å². The van der Waals surface area contributed by atoms with Gasteiger partial charge < -0.3 is 14.6 Å². The second-order valence-electron chi connectivity index (χ2n) is 7.86. The second-order valence-corrected chi connectivity index (χ2v) is 10.7. The van der Waals surface area contributed by atoms with E-state index in [1.807, 2.05) is 52.0 Å². The highest BCUT2D eigenvalue weighted by atomic mass is 79.9. The fourth-order valence-corrected chi connectivity index (χ4v) is 3.66. The average Bonchev–Trinajstić information content (AvgIpc) is 2.67. The van der Waals surface area contributed by atoms with Gasteiger partial charge in [0.1, 0.15) is 27.6 Å². The van der Waals surface area contributed by atoms with Crippen molar-refractivity contribution in [2.24, 2.45) is 4.40 Å². The van der Waals surface area contributed by atoms with E-state index in [1.54, 1.807) is 12.1 Å². The predicted octanol–water partition coefficient (Wildman–Crippen LogP) is 5.97. The Kier molecular flexibility index (Phi) is 8.46. The summed E-state index contributed by atoms with van der Waals surface area (Å²) in [7, 11) is 0. The number of halogens is 2. The number of carboxylic acid groups (broad SMARTS) is 1. The molecule has 0 saturated heterocycles. The second kappa shape index (κ2) is 10.4. The fraction of sp³-hybridized carbons (Fsp3) is 0.364. The monoisotopic (exact) mass is 496 g/mol. The van der Waals surface area contributed by atoms with E-state index in [1.165, 1.54) is 17.0 Å². The molecule has 0 aliphatic carbocycles. The van der Waals surface area contributed by atoms with Crippen molar-refractivity contribution in [3.05, 3.63) is 69.9 Å². The van der Waals surface area contributed by atoms with Gasteiger partial charge >= 0.3 is 6.09 Å². The summed E-state index contributed by atoms with van der Waals surface area (Å²) in [5.74, 6) is -0.383. The lowest BCUT2D eigenvalue weighted by atomic mass is 10.0. The third-order valence-corrected chi connectivity index (χ3v) is 6.51. The Labute approximate surface area is 188 Å². The number of hydrogen-bond donors (Lipinski definition) is 1. The molecule has 30 heavy (non-hydrogen) atoms. The average molecular weight is 497 g/mol. The zero-order valence-corrected chi connectivity index (χ0v) is 19.8. The molecule has 2 rings (SSSR count). The van der Waals surface area contributed by atoms with E-state index < -0.39 is 22.2 Å². The van der Waals surface area contributed by atoms with Crippen molar-refractivity contribution in [3.63, 3.8) is 0 Å². The Morgan fingerprint density at radius 1 is 1.20 bits per heavy atom. The summed E-state index contributed by atoms with van der Waals surface area (Å²) < 4.78 is 30.7. The quantitative estimate of drug-likeness (QED) is 0.378. The van der Waals surface area contributed by atoms with Crippen LogP contribution in [0.1, 0.15) is 51.3 Å². The lowest BCUT2D eigenvalue weighted by Crippen LogP contribution is -2.34. The minimum atomic E-state index is -1.52. The van der Waals surface area contributed by atoms with Crippen LogP contribution < -0.4 is 0 Å². The first-order valence-corrected chi connectivity index (χ1v) is 11.4. The van der Waals surface area contributed by atoms with E-state index in [0.29, 0.717) is 11.3 Å². The van der Waals surface area contributed by atoms with E-state index in [0.717, 1.165) is 10.0 Å². The number of hydrogen-bond acceptors (Lipinski definition) is 3. The number of carbonyl (C=O) groups is 1. The first kappa shape index (κ1) is 24.4. The SMILES string of the molecule is C[C@@H](c1ccc(Br)cc1)N(CC/C(=N/[S+]([O-])C(C)(C)C)c1ccc(F)cc1)C(=O)O. The van der Waals surface area contributed by atoms with Gasteiger partial charge in [-0.2, -0.15) is 0 Å². The van der Waals surface area contributed by atoms with Crippen LogP contribution in [-0.2, 0) is 11.4 Å². The van der Waals surface area contributed by atoms with Gasteiger partial charge in [0, 0.05) is 23.0 Å². The summed E-state index contributed by atoms with van der Waals surface area (Å²) in [4.78, 5) is 13.2. The third-order valence-electron chi connectivity index (χ3n) is 4.55. The van der Waals surface area contributed by atoms with Crippen LogP contribution in [0.25, 0.3) is 0 Å². The lowest BCUT2D eigenvalue weighted by Gasteiger charge is -2.27. The summed E-state index contributed by atoms with van der Waals surface area (Å²) >= 11 is 1.85. The summed E-state index contributed by atoms with van der Waals surface area (Å²) in [5, 5.41) is 9.76. The van der Waals surface area contributed by atoms with Gasteiger partial charge in [0.2, 0.25) is 0 Å². The summed E-state index contributed by atoms with van der Waals surface area (Å²) in [6.07, 6.45) is -0.804. The van der Waals surface area contributed by atoms with Crippen LogP contribution in [0.4, 0.5) is 9.18 Å². The zero-order valence-electron chi connectivity index (χ0n) is 17.4. The van der Waals surface area contributed by atoms with Crippen LogP contribution in [0.5, 0.6) is 0 Å². The molecule has 8 heteroatoms. The minimum Gasteiger partial charge on any atom is -0.591 e. The molecule has 0 radical (unpaired) electrons. The van der Waals surface area contributed by atoms with E-state index >= 15 is 0 Å². The molecule has 162 valence electrons. The van der Waals surface area contributed by atoms with Crippen LogP contribution in [0, 0.1) is 5.82 Å². The molecule has 0 aliphatic heterocycles. The smallest absolute Gasteiger partial charge is 0.407 e. The molecule has 5 nitrogen and oxygen atoms in total. The van der Waals surface area contributed by atoms with Crippen LogP contribution in [0.2, 0.25) is 0 Å². The zero-order chi connectivity index (χ0) is 22.5. The molecule has 1 amide bonds. The summed E-state index contributed by atoms with van der Waals surface area (Å²) in [5.41, 5.74) is 1.97. The summed E-state index contributed by atoms with van der Waals surface area (Å²) in [6.45, 7) is 7.42. The van der Waals surface area contributed by atoms with E-state index in [-0.39, 0.29) is 24.8 Å². The van der Waals surface area contributed by atoms with Crippen molar-refractivity contribution in [2.45, 2.75) is 44.9 Å². The first-order chi connectivity index (χ1) is 14.0. The molecule has 0 fully saturated rings. The van der Waals surface area contributed by atoms with Crippen molar-refractivity contribution in [1.82, 2.24) is 4.90 Å². The summed E-state index contributed by atoms with van der Waals surface area (Å²) in [6, 6.07) is 12.8. The van der Waals surface area contributed by atoms with Crippen molar-refractivity contribution in [2.75, 3.05) is 6.54 Å². The maximum atomic E-state index is 13.4. The van der Waals surface area contributed by atoms with E-state index in [9.17, 15) is 18.8 Å². The molecular formula is C22H26BrFN2O3S. The number of rotatable bonds is 7. The molecular weight excluding hydrogens is 471 g/mol. The Morgan fingerprint density at radius 2 is 1.77 bits per heavy atom. The van der Waals surface area contributed by atoms with Crippen molar-refractivity contribution < 1.29 is 18.8 Å². The van der Waals surface area contributed by atoms with E-state index in [2.05, 4.69) is 20.3 Å². The van der Waals surface area contributed by atoms with Gasteiger partial charge in [0.25, 0.3) is 0 Å². The Hall–Kier alpha value is -1.90. The highest BCUT2D eigenvalue weighted by Crippen LogP contribution is 2.24. The van der Waals surface area contributed by atoms with Gasteiger partial charge in [-0.25, -0.2) is 9.18 Å². The van der Waals surface area contributed by atoms with Gasteiger partial charge in [-0.3, -0.25) is 0 Å². The largest absolute Gasteiger partial charge is 0.591 e. The van der Waals surface area contributed by atoms with Crippen molar-refractivity contribution >= 4 is 39.1 Å². The maximum absolute atomic E-state index is 13.4. The predicted molar refractivity (Wildman–Crippen MR) is 123 cm³/mol. The molecule has 2 atom stereocenters. The topological polar surface area (TPSA) is 76.0 Å². The molecule has 0 heterocycles. The minimum absolute atomic E-state index is 0.157. The van der Waals surface area contributed by atoms with Gasteiger partial charge in [-0.1, -0.05) is 44.6 Å². The maximum Gasteiger partial charge on any atom is 0.407 e. The molecule has 1 N–H and O–H groups in total. The van der Waals surface area contributed by atoms with Crippen LogP contribution >= 0.6 is 15.9 Å². The number of nitrogens with zero attached hydrogens (tertiary/aromatic N) is 2. The molecule has 0 saturated carbocycles. The Balaban J connectivity index is 2.28. The van der Waals surface area contributed by atoms with Crippen LogP contribution in [0.3, 0.4) is 0 Å². The standard InChI is InChI=1S/C22H26BrFN2O3S/c1-15(16-5-9-18(23)10-6-16)26(21(27)28)14-13-20(25-30(29)22(2,3)4)17-7-11-19(24)12-8-17/h5-12,15H,13-14H2,1-4H3,(H,27,28)/b25-20-/t15-,30?/m0/s1. The normalized spacial score (nSPS) is 14.3. The molecule has 2 aromatic carbocycles. The van der Waals surface area contributed by atoms with Crippen LogP contribution in [-0.4, -0.2) is 37.7 Å². The highest BCUT2D eigenvalue weighted by Gasteiger charge is 2.28. The molecule has 2 aromatic rings. The number of amides is 1. The highest BCUT2D eigenvalue weighted by molar-refractivity contribution is 9.10. The first-order valence-electron chi connectivity index (χ1n) is 9.49. The molecule has 0 bridgehead atoms.